The quantitative estimate of drug-likeness (QED) is 0.787. The number of sulfonamides is 1. The van der Waals surface area contributed by atoms with Gasteiger partial charge < -0.3 is 5.32 Å². The first kappa shape index (κ1) is 11.9. The summed E-state index contributed by atoms with van der Waals surface area (Å²) in [4.78, 5) is 0. The maximum absolute atomic E-state index is 11.2. The standard InChI is InChI=1S/C9H12N2O2S2/c1-2-15(12,13)11-9(14)10-8-6-4-3-5-7-8/h3-7H,2H2,1H3,(H2,10,11,14). The molecule has 0 aromatic heterocycles. The van der Waals surface area contributed by atoms with Gasteiger partial charge in [-0.15, -0.1) is 0 Å². The van der Waals surface area contributed by atoms with Crippen LogP contribution in [0.5, 0.6) is 0 Å². The number of para-hydroxylation sites is 1. The predicted molar refractivity (Wildman–Crippen MR) is 65.3 cm³/mol. The monoisotopic (exact) mass is 244 g/mol. The summed E-state index contributed by atoms with van der Waals surface area (Å²) in [5.41, 5.74) is 0.751. The fraction of sp³-hybridized carbons (Fsp3) is 0.222. The minimum atomic E-state index is -3.29. The highest BCUT2D eigenvalue weighted by Gasteiger charge is 2.08. The largest absolute Gasteiger partial charge is 0.332 e. The Bertz CT molecular complexity index is 429. The Hall–Kier alpha value is -1.14. The van der Waals surface area contributed by atoms with Crippen LogP contribution in [-0.2, 0) is 10.0 Å². The molecule has 0 aliphatic rings. The van der Waals surface area contributed by atoms with E-state index in [0.29, 0.717) is 0 Å². The zero-order valence-corrected chi connectivity index (χ0v) is 9.86. The molecule has 0 bridgehead atoms. The van der Waals surface area contributed by atoms with Crippen LogP contribution in [0.4, 0.5) is 5.69 Å². The molecule has 6 heteroatoms. The van der Waals surface area contributed by atoms with Crippen molar-refractivity contribution in [2.75, 3.05) is 11.1 Å². The van der Waals surface area contributed by atoms with Gasteiger partial charge in [0.1, 0.15) is 0 Å². The van der Waals surface area contributed by atoms with E-state index in [9.17, 15) is 8.42 Å². The van der Waals surface area contributed by atoms with Gasteiger partial charge >= 0.3 is 0 Å². The van der Waals surface area contributed by atoms with E-state index in [1.165, 1.54) is 0 Å². The lowest BCUT2D eigenvalue weighted by Gasteiger charge is -2.09. The number of hydrogen-bond acceptors (Lipinski definition) is 3. The summed E-state index contributed by atoms with van der Waals surface area (Å²) >= 11 is 4.85. The van der Waals surface area contributed by atoms with Crippen molar-refractivity contribution in [3.8, 4) is 0 Å². The molecule has 0 atom stereocenters. The molecule has 15 heavy (non-hydrogen) atoms. The van der Waals surface area contributed by atoms with Gasteiger partial charge in [-0.3, -0.25) is 4.72 Å². The van der Waals surface area contributed by atoms with Crippen molar-refractivity contribution in [3.63, 3.8) is 0 Å². The van der Waals surface area contributed by atoms with Gasteiger partial charge in [0.15, 0.2) is 5.11 Å². The first-order valence-electron chi connectivity index (χ1n) is 4.40. The average molecular weight is 244 g/mol. The summed E-state index contributed by atoms with van der Waals surface area (Å²) < 4.78 is 24.6. The van der Waals surface area contributed by atoms with Gasteiger partial charge in [-0.1, -0.05) is 18.2 Å². The fourth-order valence-corrected chi connectivity index (χ4v) is 1.87. The van der Waals surface area contributed by atoms with Crippen LogP contribution in [0.1, 0.15) is 6.92 Å². The van der Waals surface area contributed by atoms with E-state index in [4.69, 9.17) is 12.2 Å². The third kappa shape index (κ3) is 4.26. The van der Waals surface area contributed by atoms with Crippen molar-refractivity contribution in [1.82, 2.24) is 4.72 Å². The van der Waals surface area contributed by atoms with Crippen LogP contribution in [0.2, 0.25) is 0 Å². The summed E-state index contributed by atoms with van der Waals surface area (Å²) in [6.07, 6.45) is 0. The van der Waals surface area contributed by atoms with Crippen molar-refractivity contribution in [1.29, 1.82) is 0 Å². The van der Waals surface area contributed by atoms with Gasteiger partial charge in [-0.05, 0) is 31.3 Å². The summed E-state index contributed by atoms with van der Waals surface area (Å²) in [6.45, 7) is 1.55. The predicted octanol–water partition coefficient (Wildman–Crippen LogP) is 1.32. The molecule has 0 radical (unpaired) electrons. The maximum Gasteiger partial charge on any atom is 0.234 e. The van der Waals surface area contributed by atoms with Crippen LogP contribution in [0.25, 0.3) is 0 Å². The Kier molecular flexibility index (Phi) is 4.05. The molecule has 0 unspecified atom stereocenters. The molecule has 1 rings (SSSR count). The molecule has 1 aromatic rings. The van der Waals surface area contributed by atoms with Crippen LogP contribution < -0.4 is 10.0 Å². The van der Waals surface area contributed by atoms with Crippen LogP contribution in [-0.4, -0.2) is 19.3 Å². The molecular weight excluding hydrogens is 232 g/mol. The minimum absolute atomic E-state index is 0.00358. The number of benzene rings is 1. The molecule has 0 aliphatic heterocycles. The Balaban J connectivity index is 2.58. The SMILES string of the molecule is CCS(=O)(=O)NC(=S)Nc1ccccc1. The number of thiocarbonyl (C=S) groups is 1. The first-order chi connectivity index (χ1) is 7.03. The van der Waals surface area contributed by atoms with Gasteiger partial charge in [0.2, 0.25) is 10.0 Å². The highest BCUT2D eigenvalue weighted by atomic mass is 32.2. The van der Waals surface area contributed by atoms with Crippen LogP contribution in [0, 0.1) is 0 Å². The fourth-order valence-electron chi connectivity index (χ4n) is 0.891. The van der Waals surface area contributed by atoms with Crippen molar-refractivity contribution in [3.05, 3.63) is 30.3 Å². The summed E-state index contributed by atoms with van der Waals surface area (Å²) in [5.74, 6) is 0.00358. The van der Waals surface area contributed by atoms with E-state index >= 15 is 0 Å². The van der Waals surface area contributed by atoms with Crippen molar-refractivity contribution >= 4 is 33.0 Å². The lowest BCUT2D eigenvalue weighted by molar-refractivity contribution is 0.594. The Morgan fingerprint density at radius 1 is 1.33 bits per heavy atom. The average Bonchev–Trinajstić information content (AvgIpc) is 2.18. The maximum atomic E-state index is 11.2. The third-order valence-corrected chi connectivity index (χ3v) is 3.27. The molecule has 0 fully saturated rings. The Morgan fingerprint density at radius 2 is 1.93 bits per heavy atom. The Labute approximate surface area is 94.7 Å². The van der Waals surface area contributed by atoms with Crippen molar-refractivity contribution < 1.29 is 8.42 Å². The van der Waals surface area contributed by atoms with E-state index in [1.54, 1.807) is 19.1 Å². The highest BCUT2D eigenvalue weighted by molar-refractivity contribution is 7.91. The summed E-state index contributed by atoms with van der Waals surface area (Å²) in [6, 6.07) is 9.13. The lowest BCUT2D eigenvalue weighted by Crippen LogP contribution is -2.35. The van der Waals surface area contributed by atoms with Crippen molar-refractivity contribution in [2.45, 2.75) is 6.92 Å². The second-order valence-electron chi connectivity index (χ2n) is 2.83. The summed E-state index contributed by atoms with van der Waals surface area (Å²) in [5, 5.41) is 2.86. The lowest BCUT2D eigenvalue weighted by atomic mass is 10.3. The summed E-state index contributed by atoms with van der Waals surface area (Å²) in [7, 11) is -3.29. The molecule has 0 saturated heterocycles. The molecular formula is C9H12N2O2S2. The molecule has 0 saturated carbocycles. The highest BCUT2D eigenvalue weighted by Crippen LogP contribution is 2.04. The van der Waals surface area contributed by atoms with Gasteiger partial charge in [0, 0.05) is 5.69 Å². The number of hydrogen-bond donors (Lipinski definition) is 2. The molecule has 4 nitrogen and oxygen atoms in total. The van der Waals surface area contributed by atoms with Gasteiger partial charge in [-0.2, -0.15) is 0 Å². The molecule has 0 amide bonds. The number of rotatable bonds is 3. The van der Waals surface area contributed by atoms with Crippen LogP contribution >= 0.6 is 12.2 Å². The van der Waals surface area contributed by atoms with Gasteiger partial charge in [-0.25, -0.2) is 8.42 Å². The van der Waals surface area contributed by atoms with Crippen LogP contribution in [0.3, 0.4) is 0 Å². The zero-order chi connectivity index (χ0) is 11.3. The van der Waals surface area contributed by atoms with E-state index in [0.717, 1.165) is 5.69 Å². The second kappa shape index (κ2) is 5.09. The third-order valence-electron chi connectivity index (χ3n) is 1.66. The minimum Gasteiger partial charge on any atom is -0.332 e. The molecule has 82 valence electrons. The first-order valence-corrected chi connectivity index (χ1v) is 6.46. The molecule has 0 spiro atoms. The van der Waals surface area contributed by atoms with Gasteiger partial charge in [0.25, 0.3) is 0 Å². The van der Waals surface area contributed by atoms with E-state index in [2.05, 4.69) is 10.0 Å². The Morgan fingerprint density at radius 3 is 2.47 bits per heavy atom. The molecule has 2 N–H and O–H groups in total. The van der Waals surface area contributed by atoms with E-state index in [1.807, 2.05) is 18.2 Å². The van der Waals surface area contributed by atoms with E-state index < -0.39 is 10.0 Å². The van der Waals surface area contributed by atoms with Gasteiger partial charge in [0.05, 0.1) is 5.75 Å². The normalized spacial score (nSPS) is 10.7. The molecule has 1 aromatic carbocycles. The molecule has 0 heterocycles. The number of anilines is 1. The number of nitrogens with one attached hydrogen (secondary N) is 2. The van der Waals surface area contributed by atoms with E-state index in [-0.39, 0.29) is 10.9 Å². The smallest absolute Gasteiger partial charge is 0.234 e. The zero-order valence-electron chi connectivity index (χ0n) is 8.23. The van der Waals surface area contributed by atoms with Crippen LogP contribution in [0.15, 0.2) is 30.3 Å². The second-order valence-corrected chi connectivity index (χ2v) is 5.24. The van der Waals surface area contributed by atoms with Crippen molar-refractivity contribution in [2.24, 2.45) is 0 Å². The molecule has 0 aliphatic carbocycles. The topological polar surface area (TPSA) is 58.2 Å².